The molecular weight excluding hydrogens is 1110 g/mol. The maximum Gasteiger partial charge on any atom is 0.200 e. The Morgan fingerprint density at radius 3 is 0.709 bits per heavy atom. The van der Waals surface area contributed by atoms with Crippen molar-refractivity contribution in [1.29, 1.82) is 0 Å². The highest BCUT2D eigenvalue weighted by Crippen LogP contribution is 2.58. The quantitative estimate of drug-likeness (QED) is 0.0315. The normalized spacial score (nSPS) is 11.6. The van der Waals surface area contributed by atoms with Gasteiger partial charge in [-0.2, -0.15) is 0 Å². The van der Waals surface area contributed by atoms with Crippen molar-refractivity contribution in [2.24, 2.45) is 0 Å². The molecule has 404 valence electrons. The standard InChI is InChI=1S/C32H26OP.C24BF20/c33-32(27-13-5-1-6-14-27)28-23-21-26(22-24-28)25-34(29-15-7-2-8-16-29,30-17-9-3-10-18-30)31-19-11-4-12-20-31;26-5-1(6(27)14(35)21(42)13(5)34)25(2-7(28)15(36)22(43)16(37)8(2)29,3-9(30)17(38)23(44)18(39)10(3)31)4-11(32)19(40)24(45)20(41)12(4)33/h1-24H,25H2;/q+1;-1. The number of hydrogen-bond donors (Lipinski definition) is 0. The third kappa shape index (κ3) is 9.38. The monoisotopic (exact) mass is 1140 g/mol. The molecule has 9 aromatic rings. The van der Waals surface area contributed by atoms with Crippen LogP contribution in [0, 0.1) is 116 Å². The minimum absolute atomic E-state index is 0.0578. The van der Waals surface area contributed by atoms with Gasteiger partial charge in [0.25, 0.3) is 0 Å². The Kier molecular flexibility index (Phi) is 16.0. The van der Waals surface area contributed by atoms with Gasteiger partial charge in [0.1, 0.15) is 75.9 Å². The number of hydrogen-bond acceptors (Lipinski definition) is 1. The summed E-state index contributed by atoms with van der Waals surface area (Å²) in [5.74, 6) is -71.3. The van der Waals surface area contributed by atoms with Crippen molar-refractivity contribution in [2.45, 2.75) is 6.16 Å². The summed E-state index contributed by atoms with van der Waals surface area (Å²) in [4.78, 5) is 12.9. The Labute approximate surface area is 433 Å². The van der Waals surface area contributed by atoms with E-state index >= 15 is 35.1 Å². The molecule has 0 aliphatic carbocycles. The highest BCUT2D eigenvalue weighted by atomic mass is 31.2. The van der Waals surface area contributed by atoms with E-state index in [9.17, 15) is 57.5 Å². The summed E-state index contributed by atoms with van der Waals surface area (Å²) in [6, 6.07) is 50.3. The van der Waals surface area contributed by atoms with Crippen molar-refractivity contribution >= 4 is 57.0 Å². The van der Waals surface area contributed by atoms with E-state index in [1.54, 1.807) is 0 Å². The topological polar surface area (TPSA) is 17.1 Å². The van der Waals surface area contributed by atoms with E-state index in [1.165, 1.54) is 21.5 Å². The average molecular weight is 1140 g/mol. The second-order valence-corrected chi connectivity index (χ2v) is 20.7. The Morgan fingerprint density at radius 2 is 0.468 bits per heavy atom. The van der Waals surface area contributed by atoms with Gasteiger partial charge in [0.15, 0.2) is 75.6 Å². The molecule has 0 N–H and O–H groups in total. The van der Waals surface area contributed by atoms with E-state index in [0.29, 0.717) is 0 Å². The molecule has 0 saturated heterocycles. The summed E-state index contributed by atoms with van der Waals surface area (Å²) in [6.07, 6.45) is -6.32. The number of carbonyl (C=O) groups excluding carboxylic acids is 1. The maximum atomic E-state index is 15.4. The molecular formula is C56H26BF20OP. The van der Waals surface area contributed by atoms with Crippen molar-refractivity contribution in [3.8, 4) is 0 Å². The number of benzene rings is 9. The fourth-order valence-electron chi connectivity index (χ4n) is 9.43. The number of rotatable bonds is 11. The molecule has 0 radical (unpaired) electrons. The summed E-state index contributed by atoms with van der Waals surface area (Å²) in [5.41, 5.74) is -11.7. The van der Waals surface area contributed by atoms with Crippen LogP contribution in [0.1, 0.15) is 21.5 Å². The smallest absolute Gasteiger partial charge is 0.200 e. The zero-order valence-electron chi connectivity index (χ0n) is 39.1. The van der Waals surface area contributed by atoms with Crippen LogP contribution >= 0.6 is 7.26 Å². The van der Waals surface area contributed by atoms with Crippen LogP contribution in [0.15, 0.2) is 146 Å². The van der Waals surface area contributed by atoms with Crippen LogP contribution in [0.2, 0.25) is 0 Å². The minimum Gasteiger partial charge on any atom is -0.289 e. The molecule has 9 aromatic carbocycles. The van der Waals surface area contributed by atoms with Gasteiger partial charge in [-0.1, -0.05) is 109 Å². The van der Waals surface area contributed by atoms with E-state index in [0.717, 1.165) is 17.3 Å². The van der Waals surface area contributed by atoms with Crippen molar-refractivity contribution in [1.82, 2.24) is 0 Å². The molecule has 79 heavy (non-hydrogen) atoms. The largest absolute Gasteiger partial charge is 0.289 e. The van der Waals surface area contributed by atoms with Gasteiger partial charge in [0.05, 0.1) is 6.16 Å². The summed E-state index contributed by atoms with van der Waals surface area (Å²) < 4.78 is 294. The van der Waals surface area contributed by atoms with E-state index in [-0.39, 0.29) is 5.78 Å². The highest BCUT2D eigenvalue weighted by molar-refractivity contribution is 7.95. The molecule has 0 heterocycles. The van der Waals surface area contributed by atoms with Gasteiger partial charge in [-0.25, -0.2) is 87.8 Å². The summed E-state index contributed by atoms with van der Waals surface area (Å²) in [5, 5.41) is 4.07. The molecule has 0 fully saturated rings. The molecule has 23 heteroatoms. The third-order valence-electron chi connectivity index (χ3n) is 13.0. The van der Waals surface area contributed by atoms with E-state index in [2.05, 4.69) is 103 Å². The van der Waals surface area contributed by atoms with Crippen molar-refractivity contribution < 1.29 is 92.6 Å². The zero-order valence-corrected chi connectivity index (χ0v) is 40.0. The van der Waals surface area contributed by atoms with Gasteiger partial charge in [-0.3, -0.25) is 4.79 Å². The van der Waals surface area contributed by atoms with E-state index in [4.69, 9.17) is 0 Å². The third-order valence-corrected chi connectivity index (χ3v) is 17.3. The first-order chi connectivity index (χ1) is 37.5. The van der Waals surface area contributed by atoms with Gasteiger partial charge in [-0.15, -0.1) is 21.9 Å². The molecule has 0 aliphatic rings. The molecule has 0 aliphatic heterocycles. The van der Waals surface area contributed by atoms with Crippen molar-refractivity contribution in [3.63, 3.8) is 0 Å². The number of ketones is 1. The van der Waals surface area contributed by atoms with E-state index < -0.39 is 152 Å². The van der Waals surface area contributed by atoms with Crippen LogP contribution in [-0.4, -0.2) is 11.9 Å². The minimum atomic E-state index is -7.22. The Balaban J connectivity index is 0.000000216. The second kappa shape index (κ2) is 22.2. The maximum absolute atomic E-state index is 15.4. The van der Waals surface area contributed by atoms with Gasteiger partial charge >= 0.3 is 0 Å². The lowest BCUT2D eigenvalue weighted by molar-refractivity contribution is 0.103. The lowest BCUT2D eigenvalue weighted by Crippen LogP contribution is -2.81. The van der Waals surface area contributed by atoms with E-state index in [1.807, 2.05) is 42.5 Å². The average Bonchev–Trinajstić information content (AvgIpc) is 3.63. The van der Waals surface area contributed by atoms with Crippen molar-refractivity contribution in [3.05, 3.63) is 279 Å². The molecule has 0 unspecified atom stereocenters. The summed E-state index contributed by atoms with van der Waals surface area (Å²) >= 11 is 0. The predicted molar refractivity (Wildman–Crippen MR) is 254 cm³/mol. The van der Waals surface area contributed by atoms with Crippen LogP contribution in [0.25, 0.3) is 0 Å². The van der Waals surface area contributed by atoms with Crippen LogP contribution in [0.3, 0.4) is 0 Å². The SMILES string of the molecule is Fc1c(F)c(F)c([B-](c2c(F)c(F)c(F)c(F)c2F)(c2c(F)c(F)c(F)c(F)c2F)c2c(F)c(F)c(F)c(F)c2F)c(F)c1F.O=C(c1ccccc1)c1ccc(C[P+](c2ccccc2)(c2ccccc2)c2ccccc2)cc1. The molecule has 0 aromatic heterocycles. The Bertz CT molecular complexity index is 3340. The fraction of sp³-hybridized carbons (Fsp3) is 0.0179. The summed E-state index contributed by atoms with van der Waals surface area (Å²) in [6.45, 7) is 0. The molecule has 9 rings (SSSR count). The highest BCUT2D eigenvalue weighted by Gasteiger charge is 2.53. The summed E-state index contributed by atoms with van der Waals surface area (Å²) in [7, 11) is -1.96. The van der Waals surface area contributed by atoms with Gasteiger partial charge < -0.3 is 0 Å². The number of carbonyl (C=O) groups is 1. The molecule has 0 atom stereocenters. The van der Waals surface area contributed by atoms with Crippen LogP contribution in [-0.2, 0) is 6.16 Å². The second-order valence-electron chi connectivity index (χ2n) is 17.2. The molecule has 0 saturated carbocycles. The van der Waals surface area contributed by atoms with Crippen molar-refractivity contribution in [2.75, 3.05) is 0 Å². The Hall–Kier alpha value is -8.26. The molecule has 0 bridgehead atoms. The Morgan fingerprint density at radius 1 is 0.266 bits per heavy atom. The van der Waals surface area contributed by atoms with Crippen LogP contribution in [0.5, 0.6) is 0 Å². The lowest BCUT2D eigenvalue weighted by atomic mass is 9.12. The van der Waals surface area contributed by atoms with Crippen LogP contribution < -0.4 is 37.8 Å². The van der Waals surface area contributed by atoms with Gasteiger partial charge in [-0.05, 0) is 42.0 Å². The molecule has 1 nitrogen and oxygen atoms in total. The van der Waals surface area contributed by atoms with Gasteiger partial charge in [0, 0.05) is 11.1 Å². The predicted octanol–water partition coefficient (Wildman–Crippen LogP) is 12.3. The molecule has 0 amide bonds. The lowest BCUT2D eigenvalue weighted by Gasteiger charge is -2.44. The first kappa shape index (κ1) is 56.9. The zero-order chi connectivity index (χ0) is 57.6. The van der Waals surface area contributed by atoms with Crippen LogP contribution in [0.4, 0.5) is 87.8 Å². The first-order valence-corrected chi connectivity index (χ1v) is 24.4. The number of halogens is 20. The molecule has 0 spiro atoms. The van der Waals surface area contributed by atoms with Gasteiger partial charge in [0.2, 0.25) is 0 Å². The fourth-order valence-corrected chi connectivity index (χ4v) is 13.7. The first-order valence-electron chi connectivity index (χ1n) is 22.4.